The number of nitrogens with zero attached hydrogens (tertiary/aromatic N) is 2. The van der Waals surface area contributed by atoms with Crippen LogP contribution in [0.15, 0.2) is 51.3 Å². The molecule has 0 radical (unpaired) electrons. The van der Waals surface area contributed by atoms with Crippen LogP contribution in [0.1, 0.15) is 17.1 Å². The number of hydrogen-bond acceptors (Lipinski definition) is 5. The highest BCUT2D eigenvalue weighted by Gasteiger charge is 2.15. The van der Waals surface area contributed by atoms with Crippen molar-refractivity contribution in [3.63, 3.8) is 0 Å². The minimum absolute atomic E-state index is 0.0426. The van der Waals surface area contributed by atoms with Gasteiger partial charge in [-0.1, -0.05) is 35.4 Å². The van der Waals surface area contributed by atoms with Crippen LogP contribution >= 0.6 is 0 Å². The van der Waals surface area contributed by atoms with Crippen LogP contribution in [0.3, 0.4) is 0 Å². The lowest BCUT2D eigenvalue weighted by Gasteiger charge is -1.95. The zero-order valence-electron chi connectivity index (χ0n) is 12.7. The molecule has 0 saturated heterocycles. The Labute approximate surface area is 132 Å². The summed E-state index contributed by atoms with van der Waals surface area (Å²) in [5, 5.41) is 10.3. The highest BCUT2D eigenvalue weighted by molar-refractivity contribution is 6.00. The zero-order chi connectivity index (χ0) is 16.2. The molecule has 6 nitrogen and oxygen atoms in total. The van der Waals surface area contributed by atoms with Crippen molar-refractivity contribution >= 4 is 18.0 Å². The minimum atomic E-state index is -0.343. The number of aromatic nitrogens is 2. The summed E-state index contributed by atoms with van der Waals surface area (Å²) in [7, 11) is 0. The predicted molar refractivity (Wildman–Crippen MR) is 85.6 cm³/mol. The monoisotopic (exact) mass is 309 g/mol. The molecule has 0 saturated carbocycles. The van der Waals surface area contributed by atoms with Gasteiger partial charge in [-0.05, 0) is 31.6 Å². The molecule has 0 atom stereocenters. The molecule has 3 rings (SSSR count). The molecule has 1 amide bonds. The molecule has 1 N–H and O–H groups in total. The van der Waals surface area contributed by atoms with Crippen molar-refractivity contribution in [3.05, 3.63) is 59.6 Å². The van der Waals surface area contributed by atoms with Gasteiger partial charge in [-0.2, -0.15) is 0 Å². The van der Waals surface area contributed by atoms with Gasteiger partial charge < -0.3 is 8.83 Å². The van der Waals surface area contributed by atoms with Crippen LogP contribution in [-0.4, -0.2) is 16.1 Å². The molecule has 2 aromatic heterocycles. The fourth-order valence-electron chi connectivity index (χ4n) is 2.11. The van der Waals surface area contributed by atoms with Crippen LogP contribution in [0, 0.1) is 13.8 Å². The van der Waals surface area contributed by atoms with Crippen LogP contribution in [0.2, 0.25) is 0 Å². The zero-order valence-corrected chi connectivity index (χ0v) is 12.7. The van der Waals surface area contributed by atoms with E-state index in [0.29, 0.717) is 11.7 Å². The number of furan rings is 1. The molecule has 0 unspecified atom stereocenters. The maximum Gasteiger partial charge on any atom is 0.322 e. The Morgan fingerprint density at radius 2 is 1.91 bits per heavy atom. The molecule has 0 bridgehead atoms. The SMILES string of the molecule is Cc1cc(-c2nnc(NC(=O)/C=C/c3ccccc3)o2)c(C)o1. The number of hydrogen-bond donors (Lipinski definition) is 1. The first-order chi connectivity index (χ1) is 11.1. The van der Waals surface area contributed by atoms with Crippen LogP contribution in [-0.2, 0) is 4.79 Å². The van der Waals surface area contributed by atoms with E-state index in [2.05, 4.69) is 15.5 Å². The molecular weight excluding hydrogens is 294 g/mol. The third-order valence-corrected chi connectivity index (χ3v) is 3.15. The number of carbonyl (C=O) groups is 1. The molecule has 1 aromatic carbocycles. The first-order valence-corrected chi connectivity index (χ1v) is 7.07. The largest absolute Gasteiger partial charge is 0.466 e. The second-order valence-electron chi connectivity index (χ2n) is 4.97. The van der Waals surface area contributed by atoms with Gasteiger partial charge in [0.1, 0.15) is 11.5 Å². The van der Waals surface area contributed by atoms with Crippen LogP contribution in [0.4, 0.5) is 6.01 Å². The van der Waals surface area contributed by atoms with Gasteiger partial charge in [0.25, 0.3) is 11.8 Å². The van der Waals surface area contributed by atoms with E-state index in [0.717, 1.165) is 16.9 Å². The molecule has 3 aromatic rings. The second-order valence-corrected chi connectivity index (χ2v) is 4.97. The lowest BCUT2D eigenvalue weighted by molar-refractivity contribution is -0.112. The average molecular weight is 309 g/mol. The minimum Gasteiger partial charge on any atom is -0.466 e. The fourth-order valence-corrected chi connectivity index (χ4v) is 2.11. The summed E-state index contributed by atoms with van der Waals surface area (Å²) in [5.41, 5.74) is 1.65. The van der Waals surface area contributed by atoms with Crippen molar-refractivity contribution in [1.82, 2.24) is 10.2 Å². The van der Waals surface area contributed by atoms with Crippen molar-refractivity contribution in [1.29, 1.82) is 0 Å². The van der Waals surface area contributed by atoms with Crippen LogP contribution in [0.25, 0.3) is 17.5 Å². The molecule has 0 aliphatic carbocycles. The highest BCUT2D eigenvalue weighted by Crippen LogP contribution is 2.26. The summed E-state index contributed by atoms with van der Waals surface area (Å²) in [6.07, 6.45) is 3.11. The second kappa shape index (κ2) is 6.31. The summed E-state index contributed by atoms with van der Waals surface area (Å²) in [5.74, 6) is 1.41. The lowest BCUT2D eigenvalue weighted by Crippen LogP contribution is -2.07. The van der Waals surface area contributed by atoms with Gasteiger partial charge in [0.2, 0.25) is 0 Å². The molecular formula is C17H15N3O3. The maximum atomic E-state index is 11.9. The number of nitrogens with one attached hydrogen (secondary N) is 1. The first-order valence-electron chi connectivity index (χ1n) is 7.07. The first kappa shape index (κ1) is 14.8. The number of carbonyl (C=O) groups excluding carboxylic acids is 1. The van der Waals surface area contributed by atoms with E-state index in [-0.39, 0.29) is 11.9 Å². The van der Waals surface area contributed by atoms with E-state index in [1.807, 2.05) is 50.2 Å². The van der Waals surface area contributed by atoms with Gasteiger partial charge in [0.15, 0.2) is 0 Å². The third kappa shape index (κ3) is 3.55. The molecule has 6 heteroatoms. The number of rotatable bonds is 4. The van der Waals surface area contributed by atoms with E-state index < -0.39 is 0 Å². The smallest absolute Gasteiger partial charge is 0.322 e. The Morgan fingerprint density at radius 1 is 1.13 bits per heavy atom. The van der Waals surface area contributed by atoms with E-state index in [9.17, 15) is 4.79 Å². The van der Waals surface area contributed by atoms with Gasteiger partial charge in [-0.15, -0.1) is 5.10 Å². The standard InChI is InChI=1S/C17H15N3O3/c1-11-10-14(12(2)22-11)16-19-20-17(23-16)18-15(21)9-8-13-6-4-3-5-7-13/h3-10H,1-2H3,(H,18,20,21)/b9-8+. The highest BCUT2D eigenvalue weighted by atomic mass is 16.4. The molecule has 0 aliphatic rings. The van der Waals surface area contributed by atoms with Crippen molar-refractivity contribution in [2.24, 2.45) is 0 Å². The number of amides is 1. The quantitative estimate of drug-likeness (QED) is 0.745. The third-order valence-electron chi connectivity index (χ3n) is 3.15. The lowest BCUT2D eigenvalue weighted by atomic mass is 10.2. The number of aryl methyl sites for hydroxylation is 2. The summed E-state index contributed by atoms with van der Waals surface area (Å²) >= 11 is 0. The molecule has 0 aliphatic heterocycles. The van der Waals surface area contributed by atoms with Crippen molar-refractivity contribution in [3.8, 4) is 11.5 Å². The average Bonchev–Trinajstić information content (AvgIpc) is 3.12. The Morgan fingerprint density at radius 3 is 2.61 bits per heavy atom. The van der Waals surface area contributed by atoms with Gasteiger partial charge in [-0.3, -0.25) is 10.1 Å². The van der Waals surface area contributed by atoms with Gasteiger partial charge >= 0.3 is 6.01 Å². The van der Waals surface area contributed by atoms with Gasteiger partial charge in [0.05, 0.1) is 5.56 Å². The molecule has 0 fully saturated rings. The normalized spacial score (nSPS) is 11.0. The number of benzene rings is 1. The summed E-state index contributed by atoms with van der Waals surface area (Å²) in [6.45, 7) is 3.65. The molecule has 23 heavy (non-hydrogen) atoms. The van der Waals surface area contributed by atoms with Gasteiger partial charge in [0, 0.05) is 6.08 Å². The van der Waals surface area contributed by atoms with Crippen molar-refractivity contribution in [2.75, 3.05) is 5.32 Å². The Bertz CT molecular complexity index is 847. The predicted octanol–water partition coefficient (Wildman–Crippen LogP) is 3.60. The van der Waals surface area contributed by atoms with Crippen molar-refractivity contribution in [2.45, 2.75) is 13.8 Å². The molecule has 0 spiro atoms. The summed E-state index contributed by atoms with van der Waals surface area (Å²) in [6, 6.07) is 11.4. The van der Waals surface area contributed by atoms with Gasteiger partial charge in [-0.25, -0.2) is 0 Å². The van der Waals surface area contributed by atoms with E-state index >= 15 is 0 Å². The van der Waals surface area contributed by atoms with E-state index in [1.165, 1.54) is 6.08 Å². The topological polar surface area (TPSA) is 81.2 Å². The molecule has 2 heterocycles. The van der Waals surface area contributed by atoms with E-state index in [4.69, 9.17) is 8.83 Å². The maximum absolute atomic E-state index is 11.9. The van der Waals surface area contributed by atoms with Crippen LogP contribution < -0.4 is 5.32 Å². The van der Waals surface area contributed by atoms with Crippen molar-refractivity contribution < 1.29 is 13.6 Å². The van der Waals surface area contributed by atoms with Crippen LogP contribution in [0.5, 0.6) is 0 Å². The summed E-state index contributed by atoms with van der Waals surface area (Å²) < 4.78 is 10.9. The number of anilines is 1. The Hall–Kier alpha value is -3.15. The molecule has 116 valence electrons. The summed E-state index contributed by atoms with van der Waals surface area (Å²) in [4.78, 5) is 11.9. The Kier molecular flexibility index (Phi) is 4.05. The Balaban J connectivity index is 1.68. The van der Waals surface area contributed by atoms with E-state index in [1.54, 1.807) is 6.08 Å². The fraction of sp³-hybridized carbons (Fsp3) is 0.118.